The van der Waals surface area contributed by atoms with Crippen molar-refractivity contribution in [3.63, 3.8) is 0 Å². The molecule has 1 amide bonds. The molecule has 1 unspecified atom stereocenters. The number of aromatic nitrogens is 1. The number of amides is 1. The van der Waals surface area contributed by atoms with E-state index in [0.29, 0.717) is 11.8 Å². The molecule has 0 aromatic carbocycles. The first kappa shape index (κ1) is 14.6. The van der Waals surface area contributed by atoms with Crippen molar-refractivity contribution in [1.29, 1.82) is 0 Å². The Balaban J connectivity index is 1.50. The number of fused-ring (bicyclic) bond motifs is 1. The number of piperidine rings is 1. The molecule has 0 spiro atoms. The first-order valence-electron chi connectivity index (χ1n) is 7.19. The van der Waals surface area contributed by atoms with Crippen LogP contribution in [-0.4, -0.2) is 35.8 Å². The molecule has 3 rings (SSSR count). The number of rotatable bonds is 2. The van der Waals surface area contributed by atoms with Crippen molar-refractivity contribution >= 4 is 27.8 Å². The molecule has 0 radical (unpaired) electrons. The normalized spacial score (nSPS) is 27.2. The Morgan fingerprint density at radius 3 is 2.57 bits per heavy atom. The quantitative estimate of drug-likeness (QED) is 0.888. The highest BCUT2D eigenvalue weighted by Gasteiger charge is 2.57. The lowest BCUT2D eigenvalue weighted by molar-refractivity contribution is 0.0518. The fraction of sp³-hybridized carbons (Fsp3) is 0.600. The summed E-state index contributed by atoms with van der Waals surface area (Å²) in [6.45, 7) is 7.52. The van der Waals surface area contributed by atoms with Gasteiger partial charge >= 0.3 is 6.09 Å². The molecule has 3 atom stereocenters. The minimum Gasteiger partial charge on any atom is -0.444 e. The van der Waals surface area contributed by atoms with Gasteiger partial charge < -0.3 is 15.0 Å². The zero-order valence-electron chi connectivity index (χ0n) is 12.5. The highest BCUT2D eigenvalue weighted by atomic mass is 79.9. The van der Waals surface area contributed by atoms with Crippen LogP contribution in [0.1, 0.15) is 20.8 Å². The van der Waals surface area contributed by atoms with Gasteiger partial charge in [0.05, 0.1) is 0 Å². The fourth-order valence-electron chi connectivity index (χ4n) is 2.93. The first-order chi connectivity index (χ1) is 9.83. The molecule has 1 N–H and O–H groups in total. The van der Waals surface area contributed by atoms with Crippen LogP contribution in [-0.2, 0) is 4.74 Å². The highest BCUT2D eigenvalue weighted by Crippen LogP contribution is 2.46. The maximum absolute atomic E-state index is 11.8. The Hall–Kier alpha value is -1.30. The summed E-state index contributed by atoms with van der Waals surface area (Å²) in [5.41, 5.74) is -0.443. The molecule has 21 heavy (non-hydrogen) atoms. The highest BCUT2D eigenvalue weighted by molar-refractivity contribution is 9.10. The molecular formula is C15H20BrN3O2. The SMILES string of the molecule is CC(C)(C)OC(=O)N[C@H]1C2CN(c3ccc(Br)cn3)C[C@@H]21. The van der Waals surface area contributed by atoms with E-state index in [-0.39, 0.29) is 12.1 Å². The van der Waals surface area contributed by atoms with Crippen LogP contribution in [0.5, 0.6) is 0 Å². The summed E-state index contributed by atoms with van der Waals surface area (Å²) in [7, 11) is 0. The summed E-state index contributed by atoms with van der Waals surface area (Å²) in [4.78, 5) is 18.5. The summed E-state index contributed by atoms with van der Waals surface area (Å²) in [5.74, 6) is 2.03. The second-order valence-corrected chi connectivity index (χ2v) is 7.65. The van der Waals surface area contributed by atoms with Crippen LogP contribution in [0.2, 0.25) is 0 Å². The van der Waals surface area contributed by atoms with E-state index in [9.17, 15) is 4.79 Å². The second-order valence-electron chi connectivity index (χ2n) is 6.74. The molecule has 2 aliphatic rings. The Bertz CT molecular complexity index is 529. The number of nitrogens with one attached hydrogen (secondary N) is 1. The van der Waals surface area contributed by atoms with Crippen LogP contribution < -0.4 is 10.2 Å². The summed E-state index contributed by atoms with van der Waals surface area (Å²) in [5, 5.41) is 2.98. The number of carbonyl (C=O) groups is 1. The van der Waals surface area contributed by atoms with Crippen LogP contribution in [0, 0.1) is 11.8 Å². The molecule has 1 saturated carbocycles. The maximum Gasteiger partial charge on any atom is 0.407 e. The van der Waals surface area contributed by atoms with Gasteiger partial charge in [-0.2, -0.15) is 0 Å². The number of carbonyl (C=O) groups excluding carboxylic acids is 1. The predicted molar refractivity (Wildman–Crippen MR) is 84.3 cm³/mol. The number of alkyl carbamates (subject to hydrolysis) is 1. The van der Waals surface area contributed by atoms with Gasteiger partial charge in [0.1, 0.15) is 11.4 Å². The van der Waals surface area contributed by atoms with Gasteiger partial charge in [0, 0.05) is 41.6 Å². The van der Waals surface area contributed by atoms with Gasteiger partial charge in [-0.15, -0.1) is 0 Å². The van der Waals surface area contributed by atoms with Gasteiger partial charge in [-0.25, -0.2) is 9.78 Å². The summed E-state index contributed by atoms with van der Waals surface area (Å²) in [6, 6.07) is 4.28. The average Bonchev–Trinajstić information content (AvgIpc) is 2.83. The van der Waals surface area contributed by atoms with Crippen LogP contribution in [0.15, 0.2) is 22.8 Å². The lowest BCUT2D eigenvalue weighted by Crippen LogP contribution is -2.38. The van der Waals surface area contributed by atoms with Gasteiger partial charge in [0.25, 0.3) is 0 Å². The summed E-state index contributed by atoms with van der Waals surface area (Å²) in [6.07, 6.45) is 1.51. The van der Waals surface area contributed by atoms with Crippen molar-refractivity contribution in [2.24, 2.45) is 11.8 Å². The summed E-state index contributed by atoms with van der Waals surface area (Å²) < 4.78 is 6.28. The number of hydrogen-bond donors (Lipinski definition) is 1. The molecule has 5 nitrogen and oxygen atoms in total. The number of hydrogen-bond acceptors (Lipinski definition) is 4. The van der Waals surface area contributed by atoms with Crippen molar-refractivity contribution < 1.29 is 9.53 Å². The van der Waals surface area contributed by atoms with E-state index < -0.39 is 5.60 Å². The topological polar surface area (TPSA) is 54.5 Å². The largest absolute Gasteiger partial charge is 0.444 e. The summed E-state index contributed by atoms with van der Waals surface area (Å²) >= 11 is 3.39. The lowest BCUT2D eigenvalue weighted by Gasteiger charge is -2.23. The Morgan fingerprint density at radius 1 is 1.38 bits per heavy atom. The van der Waals surface area contributed by atoms with Crippen LogP contribution >= 0.6 is 15.9 Å². The Labute approximate surface area is 133 Å². The van der Waals surface area contributed by atoms with E-state index in [1.54, 1.807) is 0 Å². The molecule has 1 aromatic heterocycles. The molecule has 2 fully saturated rings. The standard InChI is InChI=1S/C15H20BrN3O2/c1-15(2,3)21-14(20)18-13-10-7-19(8-11(10)13)12-5-4-9(16)6-17-12/h4-6,10-11,13H,7-8H2,1-3H3,(H,18,20)/t10-,11?,13+/m0/s1. The van der Waals surface area contributed by atoms with Gasteiger partial charge in [0.15, 0.2) is 0 Å². The number of nitrogens with zero attached hydrogens (tertiary/aromatic N) is 2. The van der Waals surface area contributed by atoms with Gasteiger partial charge in [-0.1, -0.05) is 0 Å². The third-order valence-corrected chi connectivity index (χ3v) is 4.38. The lowest BCUT2D eigenvalue weighted by atomic mass is 10.2. The van der Waals surface area contributed by atoms with E-state index in [0.717, 1.165) is 23.4 Å². The maximum atomic E-state index is 11.8. The molecule has 1 aliphatic heterocycles. The zero-order valence-corrected chi connectivity index (χ0v) is 14.1. The average molecular weight is 354 g/mol. The number of halogens is 1. The van der Waals surface area contributed by atoms with Crippen LogP contribution in [0.4, 0.5) is 10.6 Å². The minimum absolute atomic E-state index is 0.256. The number of anilines is 1. The van der Waals surface area contributed by atoms with Crippen LogP contribution in [0.3, 0.4) is 0 Å². The predicted octanol–water partition coefficient (Wildman–Crippen LogP) is 2.80. The number of pyridine rings is 1. The van der Waals surface area contributed by atoms with E-state index in [1.807, 2.05) is 39.1 Å². The molecule has 1 saturated heterocycles. The molecule has 1 aliphatic carbocycles. The van der Waals surface area contributed by atoms with Gasteiger partial charge in [0.2, 0.25) is 0 Å². The third kappa shape index (κ3) is 3.31. The molecular weight excluding hydrogens is 334 g/mol. The van der Waals surface area contributed by atoms with E-state index in [1.165, 1.54) is 0 Å². The van der Waals surface area contributed by atoms with E-state index in [4.69, 9.17) is 4.74 Å². The van der Waals surface area contributed by atoms with Crippen molar-refractivity contribution in [2.75, 3.05) is 18.0 Å². The molecule has 6 heteroatoms. The third-order valence-electron chi connectivity index (χ3n) is 3.91. The second kappa shape index (κ2) is 5.16. The fourth-order valence-corrected chi connectivity index (χ4v) is 3.16. The zero-order chi connectivity index (χ0) is 15.2. The van der Waals surface area contributed by atoms with Crippen molar-refractivity contribution in [3.8, 4) is 0 Å². The molecule has 114 valence electrons. The van der Waals surface area contributed by atoms with Crippen molar-refractivity contribution in [1.82, 2.24) is 10.3 Å². The smallest absolute Gasteiger partial charge is 0.407 e. The molecule has 0 bridgehead atoms. The van der Waals surface area contributed by atoms with Crippen molar-refractivity contribution in [2.45, 2.75) is 32.4 Å². The monoisotopic (exact) mass is 353 g/mol. The Kier molecular flexibility index (Phi) is 3.59. The van der Waals surface area contributed by atoms with E-state index >= 15 is 0 Å². The Morgan fingerprint density at radius 2 is 2.05 bits per heavy atom. The van der Waals surface area contributed by atoms with Crippen LogP contribution in [0.25, 0.3) is 0 Å². The first-order valence-corrected chi connectivity index (χ1v) is 7.99. The van der Waals surface area contributed by atoms with Gasteiger partial charge in [-0.3, -0.25) is 0 Å². The molecule has 1 aromatic rings. The minimum atomic E-state index is -0.443. The molecule has 2 heterocycles. The van der Waals surface area contributed by atoms with E-state index in [2.05, 4.69) is 31.1 Å². The van der Waals surface area contributed by atoms with Gasteiger partial charge in [-0.05, 0) is 48.8 Å². The number of ether oxygens (including phenoxy) is 1. The van der Waals surface area contributed by atoms with Crippen molar-refractivity contribution in [3.05, 3.63) is 22.8 Å².